The van der Waals surface area contributed by atoms with E-state index in [-0.39, 0.29) is 6.04 Å². The van der Waals surface area contributed by atoms with Gasteiger partial charge >= 0.3 is 5.97 Å². The zero-order valence-corrected chi connectivity index (χ0v) is 12.2. The van der Waals surface area contributed by atoms with Crippen molar-refractivity contribution in [2.45, 2.75) is 37.8 Å². The van der Waals surface area contributed by atoms with E-state index < -0.39 is 12.0 Å². The lowest BCUT2D eigenvalue weighted by Gasteiger charge is -2.28. The van der Waals surface area contributed by atoms with Gasteiger partial charge in [-0.25, -0.2) is 0 Å². The third kappa shape index (κ3) is 3.46. The lowest BCUT2D eigenvalue weighted by Crippen LogP contribution is -2.47. The first kappa shape index (κ1) is 13.8. The van der Waals surface area contributed by atoms with Gasteiger partial charge in [0.05, 0.1) is 0 Å². The van der Waals surface area contributed by atoms with Gasteiger partial charge in [-0.2, -0.15) is 0 Å². The van der Waals surface area contributed by atoms with Crippen LogP contribution in [0.5, 0.6) is 0 Å². The first-order valence-electron chi connectivity index (χ1n) is 5.99. The van der Waals surface area contributed by atoms with Gasteiger partial charge in [0.15, 0.2) is 0 Å². The van der Waals surface area contributed by atoms with Crippen molar-refractivity contribution in [3.8, 4) is 0 Å². The molecule has 1 saturated heterocycles. The van der Waals surface area contributed by atoms with Gasteiger partial charge in [0.2, 0.25) is 0 Å². The number of nitrogens with one attached hydrogen (secondary N) is 1. The highest BCUT2D eigenvalue weighted by atomic mass is 79.9. The predicted octanol–water partition coefficient (Wildman–Crippen LogP) is 3.24. The standard InChI is InChI=1S/C13H15BrClNO2/c14-9-5-4-8(11(15)7-9)6-10-2-1-3-12(16-10)13(17)18/h4-5,7,10,12,16H,1-3,6H2,(H,17,18). The summed E-state index contributed by atoms with van der Waals surface area (Å²) in [4.78, 5) is 11.0. The number of hydrogen-bond acceptors (Lipinski definition) is 2. The second kappa shape index (κ2) is 6.04. The molecule has 3 nitrogen and oxygen atoms in total. The minimum atomic E-state index is -0.762. The summed E-state index contributed by atoms with van der Waals surface area (Å²) in [6, 6.07) is 5.59. The van der Waals surface area contributed by atoms with Crippen LogP contribution in [-0.4, -0.2) is 23.2 Å². The van der Waals surface area contributed by atoms with Crippen LogP contribution >= 0.6 is 27.5 Å². The molecule has 0 bridgehead atoms. The zero-order valence-electron chi connectivity index (χ0n) is 9.83. The number of carboxylic acid groups (broad SMARTS) is 1. The first-order valence-corrected chi connectivity index (χ1v) is 7.16. The Morgan fingerprint density at radius 1 is 1.50 bits per heavy atom. The fourth-order valence-corrected chi connectivity index (χ4v) is 3.08. The average Bonchev–Trinajstić information content (AvgIpc) is 2.33. The third-order valence-corrected chi connectivity index (χ3v) is 4.11. The Morgan fingerprint density at radius 2 is 2.28 bits per heavy atom. The molecule has 2 unspecified atom stereocenters. The maximum Gasteiger partial charge on any atom is 0.320 e. The Labute approximate surface area is 120 Å². The van der Waals surface area contributed by atoms with E-state index in [1.165, 1.54) is 0 Å². The molecule has 2 rings (SSSR count). The SMILES string of the molecule is O=C(O)C1CCCC(Cc2ccc(Br)cc2Cl)N1. The van der Waals surface area contributed by atoms with Crippen molar-refractivity contribution >= 4 is 33.5 Å². The van der Waals surface area contributed by atoms with E-state index >= 15 is 0 Å². The number of hydrogen-bond donors (Lipinski definition) is 2. The quantitative estimate of drug-likeness (QED) is 0.893. The highest BCUT2D eigenvalue weighted by Crippen LogP contribution is 2.24. The number of halogens is 2. The molecule has 0 spiro atoms. The number of carboxylic acids is 1. The van der Waals surface area contributed by atoms with Gasteiger partial charge in [-0.1, -0.05) is 33.6 Å². The number of benzene rings is 1. The molecule has 1 fully saturated rings. The van der Waals surface area contributed by atoms with Gasteiger partial charge in [-0.15, -0.1) is 0 Å². The molecule has 5 heteroatoms. The molecular formula is C13H15BrClNO2. The molecule has 1 aromatic carbocycles. The Morgan fingerprint density at radius 3 is 2.94 bits per heavy atom. The monoisotopic (exact) mass is 331 g/mol. The van der Waals surface area contributed by atoms with Crippen molar-refractivity contribution in [1.82, 2.24) is 5.32 Å². The van der Waals surface area contributed by atoms with Crippen molar-refractivity contribution in [2.24, 2.45) is 0 Å². The van der Waals surface area contributed by atoms with E-state index in [0.29, 0.717) is 6.42 Å². The molecule has 1 aliphatic rings. The van der Waals surface area contributed by atoms with E-state index in [2.05, 4.69) is 21.2 Å². The molecule has 0 amide bonds. The van der Waals surface area contributed by atoms with Crippen LogP contribution in [0.15, 0.2) is 22.7 Å². The molecule has 18 heavy (non-hydrogen) atoms. The molecule has 1 aliphatic heterocycles. The maximum atomic E-state index is 11.0. The Kier molecular flexibility index (Phi) is 4.65. The van der Waals surface area contributed by atoms with Crippen molar-refractivity contribution in [3.63, 3.8) is 0 Å². The van der Waals surface area contributed by atoms with Crippen LogP contribution in [0.1, 0.15) is 24.8 Å². The van der Waals surface area contributed by atoms with Gasteiger partial charge in [0.1, 0.15) is 6.04 Å². The van der Waals surface area contributed by atoms with Gasteiger partial charge in [0, 0.05) is 15.5 Å². The molecule has 2 atom stereocenters. The van der Waals surface area contributed by atoms with E-state index in [9.17, 15) is 4.79 Å². The zero-order chi connectivity index (χ0) is 13.1. The Bertz CT molecular complexity index is 453. The molecule has 98 valence electrons. The fraction of sp³-hybridized carbons (Fsp3) is 0.462. The summed E-state index contributed by atoms with van der Waals surface area (Å²) in [6.45, 7) is 0. The largest absolute Gasteiger partial charge is 0.480 e. The second-order valence-corrected chi connectivity index (χ2v) is 5.95. The smallest absolute Gasteiger partial charge is 0.320 e. The molecule has 0 aliphatic carbocycles. The maximum absolute atomic E-state index is 11.0. The average molecular weight is 333 g/mol. The van der Waals surface area contributed by atoms with Crippen LogP contribution in [0.2, 0.25) is 5.02 Å². The van der Waals surface area contributed by atoms with Gasteiger partial charge in [0.25, 0.3) is 0 Å². The number of aliphatic carboxylic acids is 1. The summed E-state index contributed by atoms with van der Waals surface area (Å²) < 4.78 is 0.955. The lowest BCUT2D eigenvalue weighted by molar-refractivity contribution is -0.140. The van der Waals surface area contributed by atoms with Crippen molar-refractivity contribution < 1.29 is 9.90 Å². The summed E-state index contributed by atoms with van der Waals surface area (Å²) in [5.41, 5.74) is 1.06. The summed E-state index contributed by atoms with van der Waals surface area (Å²) in [5.74, 6) is -0.762. The highest BCUT2D eigenvalue weighted by molar-refractivity contribution is 9.10. The number of carbonyl (C=O) groups is 1. The van der Waals surface area contributed by atoms with Crippen LogP contribution in [0.4, 0.5) is 0 Å². The van der Waals surface area contributed by atoms with Crippen LogP contribution < -0.4 is 5.32 Å². The van der Waals surface area contributed by atoms with Crippen molar-refractivity contribution in [2.75, 3.05) is 0 Å². The van der Waals surface area contributed by atoms with Crippen LogP contribution in [-0.2, 0) is 11.2 Å². The predicted molar refractivity (Wildman–Crippen MR) is 75.1 cm³/mol. The normalized spacial score (nSPS) is 23.9. The van der Waals surface area contributed by atoms with E-state index in [1.807, 2.05) is 18.2 Å². The van der Waals surface area contributed by atoms with E-state index in [4.69, 9.17) is 16.7 Å². The minimum Gasteiger partial charge on any atom is -0.480 e. The molecule has 0 saturated carbocycles. The van der Waals surface area contributed by atoms with E-state index in [0.717, 1.165) is 34.3 Å². The van der Waals surface area contributed by atoms with Crippen LogP contribution in [0.25, 0.3) is 0 Å². The Hall–Kier alpha value is -0.580. The molecule has 1 heterocycles. The van der Waals surface area contributed by atoms with Crippen molar-refractivity contribution in [3.05, 3.63) is 33.3 Å². The molecule has 0 aromatic heterocycles. The molecule has 2 N–H and O–H groups in total. The minimum absolute atomic E-state index is 0.193. The second-order valence-electron chi connectivity index (χ2n) is 4.63. The first-order chi connectivity index (χ1) is 8.56. The van der Waals surface area contributed by atoms with Crippen molar-refractivity contribution in [1.29, 1.82) is 0 Å². The molecule has 0 radical (unpaired) electrons. The summed E-state index contributed by atoms with van der Waals surface area (Å²) in [7, 11) is 0. The van der Waals surface area contributed by atoms with E-state index in [1.54, 1.807) is 0 Å². The summed E-state index contributed by atoms with van der Waals surface area (Å²) in [6.07, 6.45) is 3.43. The fourth-order valence-electron chi connectivity index (χ4n) is 2.33. The topological polar surface area (TPSA) is 49.3 Å². The van der Waals surface area contributed by atoms with Crippen LogP contribution in [0, 0.1) is 0 Å². The van der Waals surface area contributed by atoms with Gasteiger partial charge in [-0.05, 0) is 43.4 Å². The van der Waals surface area contributed by atoms with Crippen LogP contribution in [0.3, 0.4) is 0 Å². The summed E-state index contributed by atoms with van der Waals surface area (Å²) >= 11 is 9.55. The number of piperidine rings is 1. The number of rotatable bonds is 3. The van der Waals surface area contributed by atoms with Gasteiger partial charge in [-0.3, -0.25) is 4.79 Å². The molecular weight excluding hydrogens is 318 g/mol. The van der Waals surface area contributed by atoms with Gasteiger partial charge < -0.3 is 10.4 Å². The summed E-state index contributed by atoms with van der Waals surface area (Å²) in [5, 5.41) is 12.9. The molecule has 1 aromatic rings. The lowest BCUT2D eigenvalue weighted by atomic mass is 9.94. The third-order valence-electron chi connectivity index (χ3n) is 3.26. The highest BCUT2D eigenvalue weighted by Gasteiger charge is 2.26. The Balaban J connectivity index is 2.02.